The summed E-state index contributed by atoms with van der Waals surface area (Å²) in [6, 6.07) is 8.00. The number of hydrogen-bond acceptors (Lipinski definition) is 3. The molecule has 0 spiro atoms. The molecule has 1 atom stereocenters. The summed E-state index contributed by atoms with van der Waals surface area (Å²) in [6.45, 7) is 1.38. The van der Waals surface area contributed by atoms with Crippen molar-refractivity contribution in [3.8, 4) is 0 Å². The van der Waals surface area contributed by atoms with Gasteiger partial charge in [-0.3, -0.25) is 4.79 Å². The van der Waals surface area contributed by atoms with Crippen molar-refractivity contribution >= 4 is 11.9 Å². The predicted octanol–water partition coefficient (Wildman–Crippen LogP) is 2.43. The third kappa shape index (κ3) is 2.78. The summed E-state index contributed by atoms with van der Waals surface area (Å²) < 4.78 is 5.42. The quantitative estimate of drug-likeness (QED) is 0.883. The van der Waals surface area contributed by atoms with Crippen molar-refractivity contribution in [1.82, 2.24) is 0 Å². The minimum atomic E-state index is -0.718. The van der Waals surface area contributed by atoms with Gasteiger partial charge in [0.15, 0.2) is 0 Å². The Balaban J connectivity index is 1.78. The summed E-state index contributed by atoms with van der Waals surface area (Å²) in [5, 5.41) is 9.01. The van der Waals surface area contributed by atoms with Crippen molar-refractivity contribution in [3.05, 3.63) is 35.4 Å². The van der Waals surface area contributed by atoms with Gasteiger partial charge in [0.2, 0.25) is 5.90 Å². The van der Waals surface area contributed by atoms with Gasteiger partial charge in [0.1, 0.15) is 6.61 Å². The van der Waals surface area contributed by atoms with Crippen molar-refractivity contribution in [1.29, 1.82) is 0 Å². The van der Waals surface area contributed by atoms with Gasteiger partial charge in [0.05, 0.1) is 13.0 Å². The van der Waals surface area contributed by atoms with Gasteiger partial charge in [0.25, 0.3) is 0 Å². The fourth-order valence-electron chi connectivity index (χ4n) is 2.63. The largest absolute Gasteiger partial charge is 0.481 e. The summed E-state index contributed by atoms with van der Waals surface area (Å²) in [5.41, 5.74) is 2.10. The minimum Gasteiger partial charge on any atom is -0.481 e. The molecule has 1 fully saturated rings. The first-order valence-electron chi connectivity index (χ1n) is 6.73. The fraction of sp³-hybridized carbons (Fsp3) is 0.467. The average molecular weight is 259 g/mol. The van der Waals surface area contributed by atoms with Crippen LogP contribution in [0.5, 0.6) is 0 Å². The first kappa shape index (κ1) is 12.2. The lowest BCUT2D eigenvalue weighted by Gasteiger charge is -2.14. The standard InChI is InChI=1S/C15H17NO3/c17-14(18)9-13(10-1-2-10)11-3-5-12(6-4-11)15-16-7-8-19-15/h3-6,10,13H,1-2,7-9H2,(H,17,18). The Labute approximate surface area is 112 Å². The first-order chi connectivity index (χ1) is 9.24. The number of rotatable bonds is 5. The molecule has 0 radical (unpaired) electrons. The number of nitrogens with zero attached hydrogens (tertiary/aromatic N) is 1. The summed E-state index contributed by atoms with van der Waals surface area (Å²) >= 11 is 0. The third-order valence-corrected chi connectivity index (χ3v) is 3.76. The van der Waals surface area contributed by atoms with Gasteiger partial charge < -0.3 is 9.84 Å². The highest BCUT2D eigenvalue weighted by atomic mass is 16.5. The molecule has 1 aliphatic carbocycles. The van der Waals surface area contributed by atoms with E-state index in [9.17, 15) is 4.79 Å². The van der Waals surface area contributed by atoms with Crippen LogP contribution in [0.25, 0.3) is 0 Å². The second-order valence-corrected chi connectivity index (χ2v) is 5.20. The molecule has 0 saturated heterocycles. The van der Waals surface area contributed by atoms with Crippen molar-refractivity contribution in [2.45, 2.75) is 25.2 Å². The van der Waals surface area contributed by atoms with Gasteiger partial charge in [-0.15, -0.1) is 0 Å². The molecule has 4 heteroatoms. The normalized spacial score (nSPS) is 19.7. The van der Waals surface area contributed by atoms with Crippen LogP contribution in [0.3, 0.4) is 0 Å². The van der Waals surface area contributed by atoms with Crippen LogP contribution in [-0.4, -0.2) is 30.1 Å². The number of aliphatic imine (C=N–C) groups is 1. The van der Waals surface area contributed by atoms with Crippen LogP contribution in [0.1, 0.15) is 36.3 Å². The molecule has 0 amide bonds. The van der Waals surface area contributed by atoms with Gasteiger partial charge in [0, 0.05) is 5.56 Å². The zero-order valence-electron chi connectivity index (χ0n) is 10.7. The highest BCUT2D eigenvalue weighted by Gasteiger charge is 2.33. The second-order valence-electron chi connectivity index (χ2n) is 5.20. The Morgan fingerprint density at radius 2 is 2.11 bits per heavy atom. The molecule has 2 aliphatic rings. The smallest absolute Gasteiger partial charge is 0.303 e. The Hall–Kier alpha value is -1.84. The van der Waals surface area contributed by atoms with E-state index >= 15 is 0 Å². The highest BCUT2D eigenvalue weighted by molar-refractivity contribution is 5.94. The zero-order chi connectivity index (χ0) is 13.2. The van der Waals surface area contributed by atoms with Gasteiger partial charge in [-0.1, -0.05) is 12.1 Å². The van der Waals surface area contributed by atoms with Crippen LogP contribution in [0.2, 0.25) is 0 Å². The van der Waals surface area contributed by atoms with Crippen LogP contribution in [0, 0.1) is 5.92 Å². The van der Waals surface area contributed by atoms with E-state index < -0.39 is 5.97 Å². The highest BCUT2D eigenvalue weighted by Crippen LogP contribution is 2.44. The topological polar surface area (TPSA) is 58.9 Å². The van der Waals surface area contributed by atoms with Crippen molar-refractivity contribution in [2.75, 3.05) is 13.2 Å². The molecule has 1 aliphatic heterocycles. The molecule has 0 aromatic heterocycles. The number of hydrogen-bond donors (Lipinski definition) is 1. The van der Waals surface area contributed by atoms with Crippen LogP contribution >= 0.6 is 0 Å². The lowest BCUT2D eigenvalue weighted by atomic mass is 9.90. The molecule has 1 N–H and O–H groups in total. The molecule has 1 aromatic rings. The number of aliphatic carboxylic acids is 1. The van der Waals surface area contributed by atoms with Gasteiger partial charge in [-0.25, -0.2) is 4.99 Å². The van der Waals surface area contributed by atoms with Crippen molar-refractivity contribution in [2.24, 2.45) is 10.9 Å². The lowest BCUT2D eigenvalue weighted by Crippen LogP contribution is -2.09. The maximum Gasteiger partial charge on any atom is 0.303 e. The monoisotopic (exact) mass is 259 g/mol. The van der Waals surface area contributed by atoms with E-state index in [0.717, 1.165) is 30.5 Å². The van der Waals surface area contributed by atoms with Gasteiger partial charge in [-0.2, -0.15) is 0 Å². The summed E-state index contributed by atoms with van der Waals surface area (Å²) in [7, 11) is 0. The van der Waals surface area contributed by atoms with E-state index in [-0.39, 0.29) is 12.3 Å². The first-order valence-corrected chi connectivity index (χ1v) is 6.73. The van der Waals surface area contributed by atoms with Crippen LogP contribution < -0.4 is 0 Å². The summed E-state index contributed by atoms with van der Waals surface area (Å²) in [5.74, 6) is 0.678. The van der Waals surface area contributed by atoms with Gasteiger partial charge in [-0.05, 0) is 42.4 Å². The number of ether oxygens (including phenoxy) is 1. The number of carboxylic acids is 1. The molecule has 19 heavy (non-hydrogen) atoms. The van der Waals surface area contributed by atoms with E-state index in [0.29, 0.717) is 18.4 Å². The predicted molar refractivity (Wildman–Crippen MR) is 71.5 cm³/mol. The Morgan fingerprint density at radius 1 is 1.37 bits per heavy atom. The van der Waals surface area contributed by atoms with E-state index in [1.165, 1.54) is 0 Å². The zero-order valence-corrected chi connectivity index (χ0v) is 10.7. The van der Waals surface area contributed by atoms with Crippen LogP contribution in [0.15, 0.2) is 29.3 Å². The summed E-state index contributed by atoms with van der Waals surface area (Å²) in [4.78, 5) is 15.2. The van der Waals surface area contributed by atoms with E-state index in [2.05, 4.69) is 4.99 Å². The summed E-state index contributed by atoms with van der Waals surface area (Å²) in [6.07, 6.45) is 2.52. The lowest BCUT2D eigenvalue weighted by molar-refractivity contribution is -0.137. The number of carbonyl (C=O) groups is 1. The molecule has 4 nitrogen and oxygen atoms in total. The Bertz CT molecular complexity index is 503. The molecule has 1 unspecified atom stereocenters. The fourth-order valence-corrected chi connectivity index (χ4v) is 2.63. The molecular formula is C15H17NO3. The van der Waals surface area contributed by atoms with Crippen LogP contribution in [-0.2, 0) is 9.53 Å². The van der Waals surface area contributed by atoms with E-state index in [1.54, 1.807) is 0 Å². The van der Waals surface area contributed by atoms with E-state index in [1.807, 2.05) is 24.3 Å². The van der Waals surface area contributed by atoms with Gasteiger partial charge >= 0.3 is 5.97 Å². The maximum atomic E-state index is 11.0. The minimum absolute atomic E-state index is 0.151. The van der Waals surface area contributed by atoms with Crippen molar-refractivity contribution in [3.63, 3.8) is 0 Å². The SMILES string of the molecule is O=C(O)CC(c1ccc(C2=NCCO2)cc1)C1CC1. The van der Waals surface area contributed by atoms with E-state index in [4.69, 9.17) is 9.84 Å². The Kier molecular flexibility index (Phi) is 3.23. The molecule has 1 heterocycles. The third-order valence-electron chi connectivity index (χ3n) is 3.76. The average Bonchev–Trinajstić information content (AvgIpc) is 3.10. The molecule has 0 bridgehead atoms. The van der Waals surface area contributed by atoms with Crippen molar-refractivity contribution < 1.29 is 14.6 Å². The molecule has 1 aromatic carbocycles. The molecule has 3 rings (SSSR count). The number of carboxylic acid groups (broad SMARTS) is 1. The molecular weight excluding hydrogens is 242 g/mol. The van der Waals surface area contributed by atoms with Crippen LogP contribution in [0.4, 0.5) is 0 Å². The molecule has 1 saturated carbocycles. The maximum absolute atomic E-state index is 11.0. The Morgan fingerprint density at radius 3 is 2.63 bits per heavy atom. The molecule has 100 valence electrons. The second kappa shape index (κ2) is 5.03. The number of benzene rings is 1.